The zero-order valence-corrected chi connectivity index (χ0v) is 11.8. The number of fused-ring (bicyclic) bond motifs is 1. The van der Waals surface area contributed by atoms with Crippen LogP contribution in [-0.2, 0) is 16.9 Å². The predicted octanol–water partition coefficient (Wildman–Crippen LogP) is 3.79. The van der Waals surface area contributed by atoms with E-state index in [-0.39, 0.29) is 0 Å². The first-order chi connectivity index (χ1) is 9.65. The van der Waals surface area contributed by atoms with Crippen LogP contribution in [0.4, 0.5) is 0 Å². The molecule has 1 aromatic carbocycles. The second-order valence-corrected chi connectivity index (χ2v) is 5.38. The summed E-state index contributed by atoms with van der Waals surface area (Å²) in [5.74, 6) is 0. The Morgan fingerprint density at radius 1 is 1.05 bits per heavy atom. The Morgan fingerprint density at radius 2 is 1.80 bits per heavy atom. The van der Waals surface area contributed by atoms with Gasteiger partial charge in [0.15, 0.2) is 0 Å². The van der Waals surface area contributed by atoms with E-state index in [1.807, 2.05) is 47.1 Å². The molecule has 3 nitrogen and oxygen atoms in total. The van der Waals surface area contributed by atoms with Gasteiger partial charge in [-0.2, -0.15) is 5.10 Å². The highest BCUT2D eigenvalue weighted by Crippen LogP contribution is 2.25. The maximum atomic E-state index is 6.06. The van der Waals surface area contributed by atoms with Gasteiger partial charge in [-0.25, -0.2) is 4.52 Å². The van der Waals surface area contributed by atoms with Crippen molar-refractivity contribution in [2.75, 3.05) is 0 Å². The van der Waals surface area contributed by atoms with E-state index in [2.05, 4.69) is 37.1 Å². The van der Waals surface area contributed by atoms with Crippen LogP contribution in [0.15, 0.2) is 60.8 Å². The monoisotopic (exact) mass is 266 g/mol. The topological polar surface area (TPSA) is 26.5 Å². The van der Waals surface area contributed by atoms with Gasteiger partial charge in [0, 0.05) is 6.20 Å². The molecule has 0 spiro atoms. The highest BCUT2D eigenvalue weighted by Gasteiger charge is 2.24. The Hall–Kier alpha value is -2.13. The zero-order chi connectivity index (χ0) is 14.0. The molecule has 20 heavy (non-hydrogen) atoms. The van der Waals surface area contributed by atoms with Crippen molar-refractivity contribution in [1.29, 1.82) is 0 Å². The van der Waals surface area contributed by atoms with Crippen molar-refractivity contribution in [3.05, 3.63) is 72.1 Å². The molecule has 0 aliphatic heterocycles. The molecular weight excluding hydrogens is 248 g/mol. The lowest BCUT2D eigenvalue weighted by atomic mass is 10.1. The van der Waals surface area contributed by atoms with E-state index < -0.39 is 5.60 Å². The highest BCUT2D eigenvalue weighted by molar-refractivity contribution is 5.47. The smallest absolute Gasteiger partial charge is 0.107 e. The van der Waals surface area contributed by atoms with Crippen LogP contribution in [0.25, 0.3) is 5.52 Å². The van der Waals surface area contributed by atoms with E-state index >= 15 is 0 Å². The van der Waals surface area contributed by atoms with Crippen LogP contribution in [0.2, 0.25) is 0 Å². The summed E-state index contributed by atoms with van der Waals surface area (Å²) in [6.45, 7) is 4.69. The van der Waals surface area contributed by atoms with Crippen LogP contribution < -0.4 is 0 Å². The molecule has 3 heteroatoms. The summed E-state index contributed by atoms with van der Waals surface area (Å²) < 4.78 is 7.93. The van der Waals surface area contributed by atoms with E-state index in [9.17, 15) is 0 Å². The first kappa shape index (κ1) is 12.9. The zero-order valence-electron chi connectivity index (χ0n) is 11.8. The number of benzene rings is 1. The van der Waals surface area contributed by atoms with Gasteiger partial charge in [-0.3, -0.25) is 0 Å². The minimum Gasteiger partial charge on any atom is -0.365 e. The van der Waals surface area contributed by atoms with Crippen molar-refractivity contribution in [3.63, 3.8) is 0 Å². The predicted molar refractivity (Wildman–Crippen MR) is 79.4 cm³/mol. The maximum Gasteiger partial charge on any atom is 0.107 e. The number of hydrogen-bond acceptors (Lipinski definition) is 2. The van der Waals surface area contributed by atoms with Gasteiger partial charge in [0.05, 0.1) is 17.8 Å². The Balaban J connectivity index is 1.80. The molecule has 0 saturated carbocycles. The van der Waals surface area contributed by atoms with Gasteiger partial charge in [0.25, 0.3) is 0 Å². The summed E-state index contributed by atoms with van der Waals surface area (Å²) in [5.41, 5.74) is 2.78. The lowest BCUT2D eigenvalue weighted by Gasteiger charge is -2.23. The molecule has 3 aromatic rings. The average molecular weight is 266 g/mol. The summed E-state index contributed by atoms with van der Waals surface area (Å²) in [6.07, 6.45) is 1.95. The molecule has 0 atom stereocenters. The number of nitrogens with zero attached hydrogens (tertiary/aromatic N) is 2. The van der Waals surface area contributed by atoms with Crippen LogP contribution in [0.3, 0.4) is 0 Å². The molecule has 102 valence electrons. The summed E-state index contributed by atoms with van der Waals surface area (Å²) >= 11 is 0. The summed E-state index contributed by atoms with van der Waals surface area (Å²) in [6, 6.07) is 18.3. The molecule has 3 rings (SSSR count). The first-order valence-electron chi connectivity index (χ1n) is 6.78. The van der Waals surface area contributed by atoms with Crippen LogP contribution >= 0.6 is 0 Å². The normalized spacial score (nSPS) is 11.9. The van der Waals surface area contributed by atoms with Gasteiger partial charge >= 0.3 is 0 Å². The lowest BCUT2D eigenvalue weighted by Crippen LogP contribution is -2.22. The molecule has 2 heterocycles. The minimum atomic E-state index is -0.415. The third kappa shape index (κ3) is 2.58. The molecule has 2 aromatic heterocycles. The van der Waals surface area contributed by atoms with Gasteiger partial charge < -0.3 is 4.74 Å². The maximum absolute atomic E-state index is 6.06. The molecule has 0 saturated heterocycles. The third-order valence-electron chi connectivity index (χ3n) is 3.43. The SMILES string of the molecule is CC(C)(OCc1ccccc1)c1cc2ccccn2n1. The molecule has 0 fully saturated rings. The van der Waals surface area contributed by atoms with E-state index in [1.54, 1.807) is 0 Å². The summed E-state index contributed by atoms with van der Waals surface area (Å²) in [5, 5.41) is 4.59. The van der Waals surface area contributed by atoms with Crippen molar-refractivity contribution in [1.82, 2.24) is 9.61 Å². The van der Waals surface area contributed by atoms with Crippen LogP contribution in [0.1, 0.15) is 25.1 Å². The van der Waals surface area contributed by atoms with Gasteiger partial charge in [-0.1, -0.05) is 36.4 Å². The number of aromatic nitrogens is 2. The van der Waals surface area contributed by atoms with Gasteiger partial charge in [-0.05, 0) is 37.6 Å². The third-order valence-corrected chi connectivity index (χ3v) is 3.43. The lowest BCUT2D eigenvalue weighted by molar-refractivity contribution is -0.0369. The van der Waals surface area contributed by atoms with E-state index in [1.165, 1.54) is 5.56 Å². The molecule has 0 N–H and O–H groups in total. The molecule has 0 unspecified atom stereocenters. The fourth-order valence-corrected chi connectivity index (χ4v) is 2.14. The van der Waals surface area contributed by atoms with Gasteiger partial charge in [0.2, 0.25) is 0 Å². The Kier molecular flexibility index (Phi) is 3.28. The van der Waals surface area contributed by atoms with Gasteiger partial charge in [0.1, 0.15) is 5.60 Å². The van der Waals surface area contributed by atoms with E-state index in [0.29, 0.717) is 6.61 Å². The first-order valence-corrected chi connectivity index (χ1v) is 6.78. The van der Waals surface area contributed by atoms with E-state index in [4.69, 9.17) is 4.74 Å². The Bertz CT molecular complexity index is 668. The molecule has 0 bridgehead atoms. The van der Waals surface area contributed by atoms with Gasteiger partial charge in [-0.15, -0.1) is 0 Å². The number of pyridine rings is 1. The standard InChI is InChI=1S/C17H18N2O/c1-17(2,20-13-14-8-4-3-5-9-14)16-12-15-10-6-7-11-19(15)18-16/h3-12H,13H2,1-2H3. The Morgan fingerprint density at radius 3 is 2.55 bits per heavy atom. The molecule has 0 aliphatic carbocycles. The van der Waals surface area contributed by atoms with Crippen LogP contribution in [-0.4, -0.2) is 9.61 Å². The van der Waals surface area contributed by atoms with Crippen LogP contribution in [0, 0.1) is 0 Å². The number of hydrogen-bond donors (Lipinski definition) is 0. The van der Waals surface area contributed by atoms with Crippen molar-refractivity contribution in [3.8, 4) is 0 Å². The molecule has 0 radical (unpaired) electrons. The van der Waals surface area contributed by atoms with Crippen molar-refractivity contribution in [2.45, 2.75) is 26.1 Å². The van der Waals surface area contributed by atoms with Crippen molar-refractivity contribution >= 4 is 5.52 Å². The minimum absolute atomic E-state index is 0.415. The summed E-state index contributed by atoms with van der Waals surface area (Å²) in [7, 11) is 0. The Labute approximate surface area is 118 Å². The molecule has 0 aliphatic rings. The fraction of sp³-hybridized carbons (Fsp3) is 0.235. The average Bonchev–Trinajstić information content (AvgIpc) is 2.91. The van der Waals surface area contributed by atoms with Crippen molar-refractivity contribution < 1.29 is 4.74 Å². The second kappa shape index (κ2) is 5.10. The highest BCUT2D eigenvalue weighted by atomic mass is 16.5. The quantitative estimate of drug-likeness (QED) is 0.718. The number of ether oxygens (including phenoxy) is 1. The molecule has 0 amide bonds. The fourth-order valence-electron chi connectivity index (χ4n) is 2.14. The summed E-state index contributed by atoms with van der Waals surface area (Å²) in [4.78, 5) is 0. The number of rotatable bonds is 4. The largest absolute Gasteiger partial charge is 0.365 e. The van der Waals surface area contributed by atoms with Crippen LogP contribution in [0.5, 0.6) is 0 Å². The van der Waals surface area contributed by atoms with Crippen molar-refractivity contribution in [2.24, 2.45) is 0 Å². The second-order valence-electron chi connectivity index (χ2n) is 5.38. The molecular formula is C17H18N2O. The van der Waals surface area contributed by atoms with E-state index in [0.717, 1.165) is 11.2 Å².